The second kappa shape index (κ2) is 3.13. The standard InChI is InChI=1S/C15H15BrN2/c1-14(2)9-7-8-15(14,16)13-12(9)17-10-5-3-4-6-11(10)18-13/h3-6,9H,7-8H2,1-2H3. The Balaban J connectivity index is 2.08. The van der Waals surface area contributed by atoms with Crippen molar-refractivity contribution in [3.05, 3.63) is 35.7 Å². The Labute approximate surface area is 115 Å². The van der Waals surface area contributed by atoms with Crippen LogP contribution in [0, 0.1) is 5.41 Å². The molecule has 2 nitrogen and oxygen atoms in total. The van der Waals surface area contributed by atoms with Crippen LogP contribution in [0.4, 0.5) is 0 Å². The molecule has 0 saturated heterocycles. The van der Waals surface area contributed by atoms with E-state index in [1.165, 1.54) is 24.2 Å². The third-order valence-electron chi connectivity index (χ3n) is 4.97. The van der Waals surface area contributed by atoms with Crippen molar-refractivity contribution in [1.29, 1.82) is 0 Å². The Hall–Kier alpha value is -0.960. The summed E-state index contributed by atoms with van der Waals surface area (Å²) in [5, 5.41) is 0. The zero-order valence-electron chi connectivity index (χ0n) is 10.6. The largest absolute Gasteiger partial charge is 0.249 e. The molecule has 4 rings (SSSR count). The van der Waals surface area contributed by atoms with Crippen molar-refractivity contribution in [2.75, 3.05) is 0 Å². The number of fused-ring (bicyclic) bond motifs is 6. The Morgan fingerprint density at radius 2 is 1.83 bits per heavy atom. The molecule has 1 aromatic heterocycles. The number of para-hydroxylation sites is 2. The molecule has 1 fully saturated rings. The minimum atomic E-state index is 0.0248. The summed E-state index contributed by atoms with van der Waals surface area (Å²) < 4.78 is 0.0248. The van der Waals surface area contributed by atoms with E-state index >= 15 is 0 Å². The number of hydrogen-bond acceptors (Lipinski definition) is 2. The molecule has 3 heteroatoms. The van der Waals surface area contributed by atoms with Crippen molar-refractivity contribution in [2.45, 2.75) is 36.9 Å². The number of halogens is 1. The van der Waals surface area contributed by atoms with E-state index in [0.29, 0.717) is 5.92 Å². The molecular formula is C15H15BrN2. The molecule has 2 aliphatic rings. The van der Waals surface area contributed by atoms with E-state index in [1.54, 1.807) is 0 Å². The topological polar surface area (TPSA) is 25.8 Å². The number of nitrogens with zero attached hydrogens (tertiary/aromatic N) is 2. The summed E-state index contributed by atoms with van der Waals surface area (Å²) in [6, 6.07) is 8.18. The zero-order chi connectivity index (χ0) is 12.5. The van der Waals surface area contributed by atoms with Crippen LogP contribution < -0.4 is 0 Å². The normalized spacial score (nSPS) is 31.8. The van der Waals surface area contributed by atoms with E-state index in [9.17, 15) is 0 Å². The van der Waals surface area contributed by atoms with Crippen molar-refractivity contribution >= 4 is 27.0 Å². The monoisotopic (exact) mass is 302 g/mol. The lowest BCUT2D eigenvalue weighted by molar-refractivity contribution is 0.301. The maximum absolute atomic E-state index is 4.90. The highest BCUT2D eigenvalue weighted by molar-refractivity contribution is 9.09. The smallest absolute Gasteiger partial charge is 0.0891 e. The van der Waals surface area contributed by atoms with E-state index in [0.717, 1.165) is 11.0 Å². The van der Waals surface area contributed by atoms with Crippen molar-refractivity contribution in [3.63, 3.8) is 0 Å². The number of aromatic nitrogens is 2. The van der Waals surface area contributed by atoms with Crippen LogP contribution in [0.2, 0.25) is 0 Å². The van der Waals surface area contributed by atoms with Crippen LogP contribution in [0.15, 0.2) is 24.3 Å². The average molecular weight is 303 g/mol. The van der Waals surface area contributed by atoms with Gasteiger partial charge in [0.1, 0.15) is 0 Å². The summed E-state index contributed by atoms with van der Waals surface area (Å²) in [6.45, 7) is 4.68. The first-order chi connectivity index (χ1) is 8.54. The lowest BCUT2D eigenvalue weighted by Crippen LogP contribution is -2.28. The quantitative estimate of drug-likeness (QED) is 0.684. The van der Waals surface area contributed by atoms with Gasteiger partial charge in [-0.2, -0.15) is 0 Å². The second-order valence-corrected chi connectivity index (χ2v) is 7.41. The fourth-order valence-corrected chi connectivity index (χ4v) is 4.55. The fraction of sp³-hybridized carbons (Fsp3) is 0.467. The van der Waals surface area contributed by atoms with Gasteiger partial charge in [-0.25, -0.2) is 9.97 Å². The minimum Gasteiger partial charge on any atom is -0.249 e. The maximum Gasteiger partial charge on any atom is 0.0891 e. The van der Waals surface area contributed by atoms with Crippen LogP contribution in [0.5, 0.6) is 0 Å². The molecule has 2 bridgehead atoms. The van der Waals surface area contributed by atoms with Gasteiger partial charge in [0.05, 0.1) is 26.7 Å². The number of rotatable bonds is 0. The van der Waals surface area contributed by atoms with Gasteiger partial charge in [0.2, 0.25) is 0 Å². The lowest BCUT2D eigenvalue weighted by atomic mass is 9.81. The first-order valence-corrected chi connectivity index (χ1v) is 7.29. The van der Waals surface area contributed by atoms with Crippen molar-refractivity contribution < 1.29 is 0 Å². The lowest BCUT2D eigenvalue weighted by Gasteiger charge is -2.31. The molecule has 2 aromatic rings. The van der Waals surface area contributed by atoms with Gasteiger partial charge in [-0.05, 0) is 30.4 Å². The molecule has 1 saturated carbocycles. The molecule has 0 spiro atoms. The Morgan fingerprint density at radius 1 is 1.17 bits per heavy atom. The van der Waals surface area contributed by atoms with Gasteiger partial charge in [0.25, 0.3) is 0 Å². The van der Waals surface area contributed by atoms with Gasteiger partial charge in [0, 0.05) is 5.92 Å². The van der Waals surface area contributed by atoms with Crippen molar-refractivity contribution in [1.82, 2.24) is 9.97 Å². The van der Waals surface area contributed by atoms with Gasteiger partial charge in [-0.3, -0.25) is 0 Å². The second-order valence-electron chi connectivity index (χ2n) is 6.06. The molecule has 2 unspecified atom stereocenters. The Bertz CT molecular complexity index is 665. The van der Waals surface area contributed by atoms with Crippen LogP contribution in [0.1, 0.15) is 44.0 Å². The molecule has 0 amide bonds. The molecule has 2 aliphatic carbocycles. The highest BCUT2D eigenvalue weighted by Gasteiger charge is 2.62. The van der Waals surface area contributed by atoms with Crippen LogP contribution in [-0.2, 0) is 4.32 Å². The summed E-state index contributed by atoms with van der Waals surface area (Å²) >= 11 is 3.99. The summed E-state index contributed by atoms with van der Waals surface area (Å²) in [7, 11) is 0. The van der Waals surface area contributed by atoms with Gasteiger partial charge in [0.15, 0.2) is 0 Å². The SMILES string of the molecule is CC1(C)C2CCC1(Br)c1nc3ccccc3nc12. The van der Waals surface area contributed by atoms with Gasteiger partial charge >= 0.3 is 0 Å². The first-order valence-electron chi connectivity index (χ1n) is 6.50. The highest BCUT2D eigenvalue weighted by Crippen LogP contribution is 2.69. The van der Waals surface area contributed by atoms with Crippen LogP contribution in [-0.4, -0.2) is 9.97 Å². The third kappa shape index (κ3) is 1.05. The molecule has 0 radical (unpaired) electrons. The van der Waals surface area contributed by atoms with Gasteiger partial charge in [-0.1, -0.05) is 41.9 Å². The van der Waals surface area contributed by atoms with E-state index in [1.807, 2.05) is 12.1 Å². The predicted octanol–water partition coefficient (Wildman–Crippen LogP) is 4.14. The van der Waals surface area contributed by atoms with Crippen LogP contribution >= 0.6 is 15.9 Å². The first kappa shape index (κ1) is 10.9. The van der Waals surface area contributed by atoms with E-state index in [-0.39, 0.29) is 9.74 Å². The van der Waals surface area contributed by atoms with E-state index in [2.05, 4.69) is 41.9 Å². The number of hydrogen-bond donors (Lipinski definition) is 0. The van der Waals surface area contributed by atoms with Crippen molar-refractivity contribution in [3.8, 4) is 0 Å². The molecule has 0 aliphatic heterocycles. The summed E-state index contributed by atoms with van der Waals surface area (Å²) in [5.41, 5.74) is 4.66. The molecule has 2 atom stereocenters. The summed E-state index contributed by atoms with van der Waals surface area (Å²) in [4.78, 5) is 9.78. The molecule has 0 N–H and O–H groups in total. The minimum absolute atomic E-state index is 0.0248. The molecule has 18 heavy (non-hydrogen) atoms. The summed E-state index contributed by atoms with van der Waals surface area (Å²) in [6.07, 6.45) is 2.39. The van der Waals surface area contributed by atoms with Crippen molar-refractivity contribution in [2.24, 2.45) is 5.41 Å². The Kier molecular flexibility index (Phi) is 1.90. The Morgan fingerprint density at radius 3 is 2.56 bits per heavy atom. The average Bonchev–Trinajstić information content (AvgIpc) is 2.68. The van der Waals surface area contributed by atoms with Gasteiger partial charge in [-0.15, -0.1) is 0 Å². The summed E-state index contributed by atoms with van der Waals surface area (Å²) in [5.74, 6) is 0.545. The van der Waals surface area contributed by atoms with Crippen LogP contribution in [0.25, 0.3) is 11.0 Å². The maximum atomic E-state index is 4.90. The number of alkyl halides is 1. The zero-order valence-corrected chi connectivity index (χ0v) is 12.2. The fourth-order valence-electron chi connectivity index (χ4n) is 3.75. The predicted molar refractivity (Wildman–Crippen MR) is 75.9 cm³/mol. The molecule has 92 valence electrons. The van der Waals surface area contributed by atoms with Crippen LogP contribution in [0.3, 0.4) is 0 Å². The van der Waals surface area contributed by atoms with Gasteiger partial charge < -0.3 is 0 Å². The molecule has 1 heterocycles. The third-order valence-corrected chi connectivity index (χ3v) is 6.77. The highest BCUT2D eigenvalue weighted by atomic mass is 79.9. The van der Waals surface area contributed by atoms with E-state index < -0.39 is 0 Å². The van der Waals surface area contributed by atoms with E-state index in [4.69, 9.17) is 9.97 Å². The molecule has 1 aromatic carbocycles. The molecular weight excluding hydrogens is 288 g/mol. The number of benzene rings is 1.